The second-order valence-electron chi connectivity index (χ2n) is 19.2. The fraction of sp³-hybridized carbons (Fsp3) is 0. The molecule has 334 valence electrons. The van der Waals surface area contributed by atoms with Gasteiger partial charge in [0.25, 0.3) is 0 Å². The summed E-state index contributed by atoms with van der Waals surface area (Å²) in [6, 6.07) is 91.3. The van der Waals surface area contributed by atoms with Crippen LogP contribution in [0.4, 0.5) is 0 Å². The fourth-order valence-electron chi connectivity index (χ4n) is 12.1. The van der Waals surface area contributed by atoms with E-state index in [4.69, 9.17) is 4.42 Å². The van der Waals surface area contributed by atoms with Crippen molar-refractivity contribution in [3.63, 3.8) is 0 Å². The van der Waals surface area contributed by atoms with Crippen molar-refractivity contribution in [2.45, 2.75) is 0 Å². The topological polar surface area (TPSA) is 27.9 Å². The highest BCUT2D eigenvalue weighted by molar-refractivity contribution is 6.17. The van der Waals surface area contributed by atoms with Crippen molar-refractivity contribution in [2.24, 2.45) is 0 Å². The van der Waals surface area contributed by atoms with Crippen LogP contribution in [0.1, 0.15) is 0 Å². The van der Waals surface area contributed by atoms with E-state index in [1.54, 1.807) is 0 Å². The molecular weight excluding hydrogens is 875 g/mol. The number of nitrogens with zero attached hydrogens (tertiary/aromatic N) is 3. The Kier molecular flexibility index (Phi) is 8.14. The molecule has 0 bridgehead atoms. The number of furan rings is 1. The molecule has 4 heterocycles. The summed E-state index contributed by atoms with van der Waals surface area (Å²) in [6.07, 6.45) is 0. The van der Waals surface area contributed by atoms with Crippen molar-refractivity contribution in [3.8, 4) is 39.3 Å². The standard InChI is InChI=1S/C68H41N3O/c1-2-15-47(16-3-1)69-60-23-11-8-20-52(60)57-36-42(28-33-62(57)69)44-26-31-54-55-32-27-45(39-65(55)70(64(54)38-44)48-30-35-68-59(41-48)56-22-10-13-25-67(56)72-68)43-29-34-63-58(37-43)53-21-9-12-24-61(53)71(63)66-40-46-14-4-5-17-49(46)50-18-6-7-19-51(50)66/h1-41H. The van der Waals surface area contributed by atoms with Gasteiger partial charge in [-0.25, -0.2) is 0 Å². The molecule has 0 saturated heterocycles. The number of fused-ring (bicyclic) bond motifs is 15. The molecule has 4 aromatic heterocycles. The zero-order valence-corrected chi connectivity index (χ0v) is 38.9. The van der Waals surface area contributed by atoms with Crippen molar-refractivity contribution in [3.05, 3.63) is 249 Å². The number of para-hydroxylation sites is 4. The molecule has 0 aliphatic rings. The first-order valence-electron chi connectivity index (χ1n) is 24.7. The summed E-state index contributed by atoms with van der Waals surface area (Å²) in [5, 5.41) is 14.6. The van der Waals surface area contributed by atoms with E-state index in [0.29, 0.717) is 0 Å². The number of aromatic nitrogens is 3. The van der Waals surface area contributed by atoms with E-state index in [-0.39, 0.29) is 0 Å². The Bertz CT molecular complexity index is 4930. The molecule has 0 aliphatic heterocycles. The molecule has 12 aromatic carbocycles. The minimum atomic E-state index is 0.884. The lowest BCUT2D eigenvalue weighted by Gasteiger charge is -2.14. The van der Waals surface area contributed by atoms with E-state index >= 15 is 0 Å². The smallest absolute Gasteiger partial charge is 0.135 e. The van der Waals surface area contributed by atoms with Gasteiger partial charge >= 0.3 is 0 Å². The summed E-state index contributed by atoms with van der Waals surface area (Å²) in [4.78, 5) is 0. The van der Waals surface area contributed by atoms with Gasteiger partial charge < -0.3 is 18.1 Å². The molecule has 0 N–H and O–H groups in total. The maximum atomic E-state index is 6.37. The van der Waals surface area contributed by atoms with Gasteiger partial charge in [-0.2, -0.15) is 0 Å². The van der Waals surface area contributed by atoms with Crippen LogP contribution in [0.5, 0.6) is 0 Å². The molecule has 0 unspecified atom stereocenters. The van der Waals surface area contributed by atoms with E-state index in [1.165, 1.54) is 98.3 Å². The molecule has 0 radical (unpaired) electrons. The molecule has 0 spiro atoms. The van der Waals surface area contributed by atoms with Crippen LogP contribution in [-0.2, 0) is 0 Å². The molecule has 72 heavy (non-hydrogen) atoms. The summed E-state index contributed by atoms with van der Waals surface area (Å²) in [7, 11) is 0. The summed E-state index contributed by atoms with van der Waals surface area (Å²) in [5.74, 6) is 0. The van der Waals surface area contributed by atoms with Gasteiger partial charge in [-0.05, 0) is 129 Å². The van der Waals surface area contributed by atoms with Gasteiger partial charge in [0.1, 0.15) is 11.2 Å². The van der Waals surface area contributed by atoms with E-state index < -0.39 is 0 Å². The SMILES string of the molecule is c1ccc(-n2c3ccccc3c3cc(-c4ccc5c6ccc(-c7ccc8c(c7)c7ccccc7n8-c7cc8ccccc8c8ccccc78)cc6n(-c6ccc7oc8ccccc8c7c6)c5c4)ccc32)cc1. The number of hydrogen-bond donors (Lipinski definition) is 0. The number of hydrogen-bond acceptors (Lipinski definition) is 1. The largest absolute Gasteiger partial charge is 0.456 e. The summed E-state index contributed by atoms with van der Waals surface area (Å²) in [6.45, 7) is 0. The highest BCUT2D eigenvalue weighted by atomic mass is 16.3. The lowest BCUT2D eigenvalue weighted by Crippen LogP contribution is -1.96. The van der Waals surface area contributed by atoms with Crippen LogP contribution in [0.2, 0.25) is 0 Å². The first-order valence-corrected chi connectivity index (χ1v) is 24.7. The summed E-state index contributed by atoms with van der Waals surface area (Å²) >= 11 is 0. The van der Waals surface area contributed by atoms with Crippen molar-refractivity contribution in [1.82, 2.24) is 13.7 Å². The van der Waals surface area contributed by atoms with Crippen molar-refractivity contribution < 1.29 is 4.42 Å². The third-order valence-electron chi connectivity index (χ3n) is 15.4. The average Bonchev–Trinajstić information content (AvgIpc) is 4.18. The van der Waals surface area contributed by atoms with E-state index in [2.05, 4.69) is 256 Å². The van der Waals surface area contributed by atoms with Gasteiger partial charge in [0.2, 0.25) is 0 Å². The zero-order valence-electron chi connectivity index (χ0n) is 38.9. The Morgan fingerprint density at radius 3 is 1.39 bits per heavy atom. The van der Waals surface area contributed by atoms with Crippen molar-refractivity contribution in [2.75, 3.05) is 0 Å². The highest BCUT2D eigenvalue weighted by Crippen LogP contribution is 2.43. The zero-order chi connectivity index (χ0) is 47.0. The normalized spacial score (nSPS) is 12.2. The van der Waals surface area contributed by atoms with Gasteiger partial charge in [0, 0.05) is 59.9 Å². The Hall–Kier alpha value is -9.64. The van der Waals surface area contributed by atoms with Crippen LogP contribution in [0.15, 0.2) is 253 Å². The molecule has 16 aromatic rings. The second kappa shape index (κ2) is 14.9. The van der Waals surface area contributed by atoms with Crippen LogP contribution in [0.3, 0.4) is 0 Å². The fourth-order valence-corrected chi connectivity index (χ4v) is 12.1. The monoisotopic (exact) mass is 915 g/mol. The molecule has 16 rings (SSSR count). The Balaban J connectivity index is 0.903. The predicted octanol–water partition coefficient (Wildman–Crippen LogP) is 18.5. The van der Waals surface area contributed by atoms with E-state index in [0.717, 1.165) is 49.9 Å². The van der Waals surface area contributed by atoms with Gasteiger partial charge in [-0.1, -0.05) is 158 Å². The summed E-state index contributed by atoms with van der Waals surface area (Å²) in [5.41, 5.74) is 17.0. The minimum Gasteiger partial charge on any atom is -0.456 e. The first kappa shape index (κ1) is 39.2. The predicted molar refractivity (Wildman–Crippen MR) is 303 cm³/mol. The maximum Gasteiger partial charge on any atom is 0.135 e. The summed E-state index contributed by atoms with van der Waals surface area (Å²) < 4.78 is 13.7. The quantitative estimate of drug-likeness (QED) is 0.158. The average molecular weight is 916 g/mol. The van der Waals surface area contributed by atoms with E-state index in [1.807, 2.05) is 6.07 Å². The van der Waals surface area contributed by atoms with Crippen molar-refractivity contribution >= 4 is 109 Å². The Morgan fingerprint density at radius 1 is 0.222 bits per heavy atom. The molecule has 0 saturated carbocycles. The molecule has 0 aliphatic carbocycles. The molecule has 4 nitrogen and oxygen atoms in total. The van der Waals surface area contributed by atoms with Gasteiger partial charge in [-0.3, -0.25) is 0 Å². The van der Waals surface area contributed by atoms with Crippen molar-refractivity contribution in [1.29, 1.82) is 0 Å². The molecular formula is C68H41N3O. The van der Waals surface area contributed by atoms with Crippen LogP contribution in [-0.4, -0.2) is 13.7 Å². The van der Waals surface area contributed by atoms with Gasteiger partial charge in [0.05, 0.1) is 38.8 Å². The van der Waals surface area contributed by atoms with Crippen LogP contribution in [0, 0.1) is 0 Å². The first-order chi connectivity index (χ1) is 35.7. The molecule has 4 heteroatoms. The Morgan fingerprint density at radius 2 is 0.694 bits per heavy atom. The highest BCUT2D eigenvalue weighted by Gasteiger charge is 2.20. The van der Waals surface area contributed by atoms with Crippen LogP contribution < -0.4 is 0 Å². The lowest BCUT2D eigenvalue weighted by molar-refractivity contribution is 0.669. The Labute approximate surface area is 413 Å². The second-order valence-corrected chi connectivity index (χ2v) is 19.2. The van der Waals surface area contributed by atoms with Crippen LogP contribution >= 0.6 is 0 Å². The third-order valence-corrected chi connectivity index (χ3v) is 15.4. The van der Waals surface area contributed by atoms with Gasteiger partial charge in [-0.15, -0.1) is 0 Å². The number of benzene rings is 12. The molecule has 0 fully saturated rings. The molecule has 0 amide bonds. The molecule has 0 atom stereocenters. The minimum absolute atomic E-state index is 0.884. The number of rotatable bonds is 5. The van der Waals surface area contributed by atoms with Gasteiger partial charge in [0.15, 0.2) is 0 Å². The van der Waals surface area contributed by atoms with Crippen LogP contribution in [0.25, 0.3) is 148 Å². The maximum absolute atomic E-state index is 6.37. The third kappa shape index (κ3) is 5.63. The van der Waals surface area contributed by atoms with E-state index in [9.17, 15) is 0 Å². The lowest BCUT2D eigenvalue weighted by atomic mass is 9.99.